The van der Waals surface area contributed by atoms with Crippen LogP contribution < -0.4 is 5.32 Å². The molecule has 0 spiro atoms. The van der Waals surface area contributed by atoms with E-state index in [0.717, 1.165) is 6.20 Å². The van der Waals surface area contributed by atoms with Crippen molar-refractivity contribution in [1.82, 2.24) is 15.1 Å². The first-order chi connectivity index (χ1) is 9.20. The van der Waals surface area contributed by atoms with Crippen LogP contribution in [0.4, 0.5) is 11.5 Å². The largest absolute Gasteiger partial charge is 0.369 e. The summed E-state index contributed by atoms with van der Waals surface area (Å²) in [6, 6.07) is 3.03. The van der Waals surface area contributed by atoms with Gasteiger partial charge in [0, 0.05) is 19.0 Å². The fourth-order valence-electron chi connectivity index (χ4n) is 1.37. The summed E-state index contributed by atoms with van der Waals surface area (Å²) in [6.45, 7) is 0.430. The van der Waals surface area contributed by atoms with Gasteiger partial charge in [0.05, 0.1) is 4.92 Å². The van der Waals surface area contributed by atoms with Crippen LogP contribution in [0.15, 0.2) is 23.2 Å². The second kappa shape index (κ2) is 5.54. The molecule has 96 valence electrons. The first-order valence-corrected chi connectivity index (χ1v) is 5.24. The number of hydrogen-bond donors (Lipinski definition) is 1. The Labute approximate surface area is 107 Å². The summed E-state index contributed by atoms with van der Waals surface area (Å²) in [5.74, 6) is 0.810. The van der Waals surface area contributed by atoms with Crippen LogP contribution in [-0.4, -0.2) is 26.6 Å². The van der Waals surface area contributed by atoms with Gasteiger partial charge in [0.15, 0.2) is 5.82 Å². The van der Waals surface area contributed by atoms with Crippen molar-refractivity contribution in [3.8, 4) is 6.07 Å². The van der Waals surface area contributed by atoms with E-state index in [1.54, 1.807) is 0 Å². The molecule has 0 saturated carbocycles. The third-order valence-electron chi connectivity index (χ3n) is 2.25. The van der Waals surface area contributed by atoms with Gasteiger partial charge in [0.2, 0.25) is 6.39 Å². The van der Waals surface area contributed by atoms with Crippen LogP contribution in [0.25, 0.3) is 0 Å². The van der Waals surface area contributed by atoms with Crippen molar-refractivity contribution in [2.75, 3.05) is 11.9 Å². The van der Waals surface area contributed by atoms with E-state index < -0.39 is 4.92 Å². The molecule has 0 aliphatic heterocycles. The number of pyridine rings is 1. The van der Waals surface area contributed by atoms with E-state index in [2.05, 4.69) is 25.0 Å². The Kier molecular flexibility index (Phi) is 3.63. The summed E-state index contributed by atoms with van der Waals surface area (Å²) in [6.07, 6.45) is 2.80. The molecule has 0 bridgehead atoms. The maximum absolute atomic E-state index is 10.6. The smallest absolute Gasteiger partial charge is 0.289 e. The van der Waals surface area contributed by atoms with Crippen molar-refractivity contribution in [2.24, 2.45) is 0 Å². The summed E-state index contributed by atoms with van der Waals surface area (Å²) in [7, 11) is 0. The standard InChI is InChI=1S/C10H8N6O3/c11-4-7-3-8(16(17)18)5-13-10(7)12-2-1-9-14-6-19-15-9/h3,5-6H,1-2H2,(H,12,13). The van der Waals surface area contributed by atoms with Crippen LogP contribution in [0.5, 0.6) is 0 Å². The highest BCUT2D eigenvalue weighted by molar-refractivity contribution is 5.55. The Morgan fingerprint density at radius 3 is 3.00 bits per heavy atom. The maximum atomic E-state index is 10.6. The number of nitrogens with zero attached hydrogens (tertiary/aromatic N) is 5. The van der Waals surface area contributed by atoms with Crippen LogP contribution in [0.2, 0.25) is 0 Å². The molecule has 9 heteroatoms. The van der Waals surface area contributed by atoms with Gasteiger partial charge in [-0.2, -0.15) is 10.2 Å². The normalized spacial score (nSPS) is 9.84. The van der Waals surface area contributed by atoms with Crippen molar-refractivity contribution in [1.29, 1.82) is 5.26 Å². The molecule has 0 unspecified atom stereocenters. The van der Waals surface area contributed by atoms with E-state index in [1.165, 1.54) is 12.5 Å². The van der Waals surface area contributed by atoms with E-state index in [9.17, 15) is 10.1 Å². The fraction of sp³-hybridized carbons (Fsp3) is 0.200. The molecule has 2 aromatic heterocycles. The SMILES string of the molecule is N#Cc1cc([N+](=O)[O-])cnc1NCCc1ncon1. The molecular formula is C10H8N6O3. The Bertz CT molecular complexity index is 619. The predicted molar refractivity (Wildman–Crippen MR) is 62.1 cm³/mol. The number of aromatic nitrogens is 3. The highest BCUT2D eigenvalue weighted by Crippen LogP contribution is 2.17. The summed E-state index contributed by atoms with van der Waals surface area (Å²) in [5.41, 5.74) is -0.109. The Morgan fingerprint density at radius 2 is 2.37 bits per heavy atom. The predicted octanol–water partition coefficient (Wildman–Crippen LogP) is 0.899. The lowest BCUT2D eigenvalue weighted by atomic mass is 10.2. The molecule has 9 nitrogen and oxygen atoms in total. The highest BCUT2D eigenvalue weighted by Gasteiger charge is 2.11. The van der Waals surface area contributed by atoms with E-state index in [-0.39, 0.29) is 17.1 Å². The van der Waals surface area contributed by atoms with E-state index >= 15 is 0 Å². The van der Waals surface area contributed by atoms with Crippen molar-refractivity contribution in [3.05, 3.63) is 40.2 Å². The van der Waals surface area contributed by atoms with Crippen LogP contribution >= 0.6 is 0 Å². The monoisotopic (exact) mass is 260 g/mol. The Balaban J connectivity index is 2.04. The molecule has 2 aromatic rings. The van der Waals surface area contributed by atoms with Crippen LogP contribution in [0.1, 0.15) is 11.4 Å². The lowest BCUT2D eigenvalue weighted by Gasteiger charge is -2.05. The third kappa shape index (κ3) is 3.01. The summed E-state index contributed by atoms with van der Waals surface area (Å²) < 4.78 is 4.57. The number of nitrogens with one attached hydrogen (secondary N) is 1. The first-order valence-electron chi connectivity index (χ1n) is 5.24. The molecular weight excluding hydrogens is 252 g/mol. The number of hydrogen-bond acceptors (Lipinski definition) is 8. The van der Waals surface area contributed by atoms with Gasteiger partial charge in [0.1, 0.15) is 23.6 Å². The summed E-state index contributed by atoms with van der Waals surface area (Å²) >= 11 is 0. The van der Waals surface area contributed by atoms with Gasteiger partial charge < -0.3 is 9.84 Å². The number of nitriles is 1. The Hall–Kier alpha value is -3.02. The second-order valence-electron chi connectivity index (χ2n) is 3.48. The van der Waals surface area contributed by atoms with Crippen molar-refractivity contribution < 1.29 is 9.45 Å². The van der Waals surface area contributed by atoms with Gasteiger partial charge in [-0.1, -0.05) is 5.16 Å². The minimum atomic E-state index is -0.600. The van der Waals surface area contributed by atoms with Crippen LogP contribution in [-0.2, 0) is 6.42 Å². The van der Waals surface area contributed by atoms with Gasteiger partial charge >= 0.3 is 0 Å². The minimum absolute atomic E-state index is 0.113. The van der Waals surface area contributed by atoms with Crippen LogP contribution in [0, 0.1) is 21.4 Å². The van der Waals surface area contributed by atoms with Crippen molar-refractivity contribution in [3.63, 3.8) is 0 Å². The first kappa shape index (κ1) is 12.4. The molecule has 0 fully saturated rings. The van der Waals surface area contributed by atoms with Gasteiger partial charge in [0.25, 0.3) is 5.69 Å². The molecule has 19 heavy (non-hydrogen) atoms. The quantitative estimate of drug-likeness (QED) is 0.619. The highest BCUT2D eigenvalue weighted by atomic mass is 16.6. The molecule has 2 heterocycles. The van der Waals surface area contributed by atoms with Gasteiger partial charge in [-0.05, 0) is 0 Å². The lowest BCUT2D eigenvalue weighted by molar-refractivity contribution is -0.385. The van der Waals surface area contributed by atoms with E-state index in [0.29, 0.717) is 18.8 Å². The zero-order chi connectivity index (χ0) is 13.7. The van der Waals surface area contributed by atoms with Crippen molar-refractivity contribution in [2.45, 2.75) is 6.42 Å². The van der Waals surface area contributed by atoms with Crippen LogP contribution in [0.3, 0.4) is 0 Å². The molecule has 0 saturated heterocycles. The topological polar surface area (TPSA) is 131 Å². The molecule has 1 N–H and O–H groups in total. The molecule has 2 rings (SSSR count). The van der Waals surface area contributed by atoms with Gasteiger partial charge in [-0.15, -0.1) is 0 Å². The molecule has 0 atom stereocenters. The number of anilines is 1. The van der Waals surface area contributed by atoms with E-state index in [4.69, 9.17) is 5.26 Å². The van der Waals surface area contributed by atoms with E-state index in [1.807, 2.05) is 6.07 Å². The zero-order valence-electron chi connectivity index (χ0n) is 9.61. The second-order valence-corrected chi connectivity index (χ2v) is 3.48. The lowest BCUT2D eigenvalue weighted by Crippen LogP contribution is -2.09. The summed E-state index contributed by atoms with van der Waals surface area (Å²) in [5, 5.41) is 26.0. The molecule has 0 amide bonds. The van der Waals surface area contributed by atoms with Gasteiger partial charge in [-0.3, -0.25) is 10.1 Å². The molecule has 0 aliphatic carbocycles. The Morgan fingerprint density at radius 1 is 1.53 bits per heavy atom. The molecule has 0 radical (unpaired) electrons. The zero-order valence-corrected chi connectivity index (χ0v) is 9.61. The summed E-state index contributed by atoms with van der Waals surface area (Å²) in [4.78, 5) is 17.6. The number of nitro groups is 1. The molecule has 0 aromatic carbocycles. The minimum Gasteiger partial charge on any atom is -0.369 e. The number of rotatable bonds is 5. The average molecular weight is 260 g/mol. The third-order valence-corrected chi connectivity index (χ3v) is 2.25. The average Bonchev–Trinajstić information content (AvgIpc) is 2.92. The molecule has 0 aliphatic rings. The fourth-order valence-corrected chi connectivity index (χ4v) is 1.37. The maximum Gasteiger partial charge on any atom is 0.289 e. The van der Waals surface area contributed by atoms with Gasteiger partial charge in [-0.25, -0.2) is 4.98 Å². The van der Waals surface area contributed by atoms with Crippen molar-refractivity contribution >= 4 is 11.5 Å².